The molecule has 23 heavy (non-hydrogen) atoms. The molecule has 0 unspecified atom stereocenters. The molecule has 0 saturated carbocycles. The van der Waals surface area contributed by atoms with Crippen LogP contribution in [0.3, 0.4) is 0 Å². The van der Waals surface area contributed by atoms with Crippen molar-refractivity contribution in [1.29, 1.82) is 0 Å². The van der Waals surface area contributed by atoms with Gasteiger partial charge in [0.05, 0.1) is 17.7 Å². The zero-order valence-electron chi connectivity index (χ0n) is 12.1. The number of nitrogens with zero attached hydrogens (tertiary/aromatic N) is 1. The van der Waals surface area contributed by atoms with Crippen molar-refractivity contribution in [3.8, 4) is 5.75 Å². The molecule has 5 nitrogen and oxygen atoms in total. The van der Waals surface area contributed by atoms with Gasteiger partial charge in [-0.3, -0.25) is 14.5 Å². The number of imide groups is 1. The number of ether oxygens (including phenoxy) is 1. The second kappa shape index (κ2) is 6.18. The molecule has 0 aliphatic carbocycles. The molecule has 118 valence electrons. The van der Waals surface area contributed by atoms with E-state index in [9.17, 15) is 19.1 Å². The molecule has 1 N–H and O–H groups in total. The molecule has 1 atom stereocenters. The predicted octanol–water partition coefficient (Wildman–Crippen LogP) is 1.86. The topological polar surface area (TPSA) is 66.8 Å². The molecule has 0 spiro atoms. The lowest BCUT2D eigenvalue weighted by Crippen LogP contribution is -2.39. The Morgan fingerprint density at radius 1 is 1.00 bits per heavy atom. The van der Waals surface area contributed by atoms with Crippen molar-refractivity contribution in [2.75, 3.05) is 13.2 Å². The number of amides is 2. The summed E-state index contributed by atoms with van der Waals surface area (Å²) in [6.45, 7) is -0.271. The molecule has 2 amide bonds. The third-order valence-corrected chi connectivity index (χ3v) is 3.53. The standard InChI is InChI=1S/C17H14FNO4/c18-11-5-7-13(8-6-11)23-10-12(20)9-19-16(21)14-3-1-2-4-15(14)17(19)22/h1-8,12,20H,9-10H2/t12-/m0/s1. The van der Waals surface area contributed by atoms with E-state index in [-0.39, 0.29) is 19.0 Å². The van der Waals surface area contributed by atoms with Gasteiger partial charge >= 0.3 is 0 Å². The van der Waals surface area contributed by atoms with Gasteiger partial charge in [-0.1, -0.05) is 12.1 Å². The van der Waals surface area contributed by atoms with Gasteiger partial charge in [0.25, 0.3) is 11.8 Å². The van der Waals surface area contributed by atoms with Crippen molar-refractivity contribution < 1.29 is 23.8 Å². The van der Waals surface area contributed by atoms with E-state index in [2.05, 4.69) is 0 Å². The molecule has 0 radical (unpaired) electrons. The van der Waals surface area contributed by atoms with Crippen LogP contribution in [0.1, 0.15) is 20.7 Å². The number of fused-ring (bicyclic) bond motifs is 1. The maximum Gasteiger partial charge on any atom is 0.261 e. The third-order valence-electron chi connectivity index (χ3n) is 3.53. The van der Waals surface area contributed by atoms with Gasteiger partial charge in [-0.2, -0.15) is 0 Å². The van der Waals surface area contributed by atoms with E-state index in [4.69, 9.17) is 4.74 Å². The highest BCUT2D eigenvalue weighted by Gasteiger charge is 2.36. The molecule has 2 aromatic rings. The SMILES string of the molecule is O=C1c2ccccc2C(=O)N1C[C@H](O)COc1ccc(F)cc1. The van der Waals surface area contributed by atoms with E-state index in [1.54, 1.807) is 24.3 Å². The van der Waals surface area contributed by atoms with Gasteiger partial charge in [-0.25, -0.2) is 4.39 Å². The van der Waals surface area contributed by atoms with E-state index >= 15 is 0 Å². The van der Waals surface area contributed by atoms with Gasteiger partial charge < -0.3 is 9.84 Å². The van der Waals surface area contributed by atoms with Crippen LogP contribution >= 0.6 is 0 Å². The molecular weight excluding hydrogens is 301 g/mol. The molecule has 6 heteroatoms. The number of aliphatic hydroxyl groups is 1. The van der Waals surface area contributed by atoms with Crippen LogP contribution in [0.25, 0.3) is 0 Å². The van der Waals surface area contributed by atoms with Gasteiger partial charge in [0.1, 0.15) is 24.3 Å². The number of aliphatic hydroxyl groups excluding tert-OH is 1. The van der Waals surface area contributed by atoms with E-state index in [1.165, 1.54) is 24.3 Å². The smallest absolute Gasteiger partial charge is 0.261 e. The molecule has 1 heterocycles. The Balaban J connectivity index is 1.60. The van der Waals surface area contributed by atoms with E-state index in [1.807, 2.05) is 0 Å². The van der Waals surface area contributed by atoms with E-state index < -0.39 is 17.9 Å². The zero-order valence-corrected chi connectivity index (χ0v) is 12.1. The summed E-state index contributed by atoms with van der Waals surface area (Å²) in [7, 11) is 0. The lowest BCUT2D eigenvalue weighted by molar-refractivity contribution is 0.0456. The van der Waals surface area contributed by atoms with Crippen LogP contribution < -0.4 is 4.74 Å². The summed E-state index contributed by atoms with van der Waals surface area (Å²) in [5.74, 6) is -0.838. The van der Waals surface area contributed by atoms with Gasteiger partial charge in [0.2, 0.25) is 0 Å². The quantitative estimate of drug-likeness (QED) is 0.855. The van der Waals surface area contributed by atoms with Crippen molar-refractivity contribution in [2.24, 2.45) is 0 Å². The summed E-state index contributed by atoms with van der Waals surface area (Å²) in [5, 5.41) is 9.99. The lowest BCUT2D eigenvalue weighted by Gasteiger charge is -2.18. The second-order valence-corrected chi connectivity index (χ2v) is 5.19. The number of carbonyl (C=O) groups is 2. The lowest BCUT2D eigenvalue weighted by atomic mass is 10.1. The van der Waals surface area contributed by atoms with Crippen LogP contribution in [0.4, 0.5) is 4.39 Å². The number of hydrogen-bond acceptors (Lipinski definition) is 4. The maximum absolute atomic E-state index is 12.8. The van der Waals surface area contributed by atoms with Crippen LogP contribution in [-0.2, 0) is 0 Å². The largest absolute Gasteiger partial charge is 0.491 e. The molecule has 0 saturated heterocycles. The molecule has 0 bridgehead atoms. The first-order chi connectivity index (χ1) is 11.1. The Morgan fingerprint density at radius 2 is 1.57 bits per heavy atom. The summed E-state index contributed by atoms with van der Waals surface area (Å²) in [5.41, 5.74) is 0.674. The van der Waals surface area contributed by atoms with Crippen LogP contribution in [0.5, 0.6) is 5.75 Å². The molecule has 3 rings (SSSR count). The van der Waals surface area contributed by atoms with Gasteiger partial charge in [0, 0.05) is 0 Å². The van der Waals surface area contributed by atoms with Crippen LogP contribution in [0.15, 0.2) is 48.5 Å². The number of carbonyl (C=O) groups excluding carboxylic acids is 2. The summed E-state index contributed by atoms with van der Waals surface area (Å²) >= 11 is 0. The number of hydrogen-bond donors (Lipinski definition) is 1. The molecule has 1 aliphatic rings. The monoisotopic (exact) mass is 315 g/mol. The van der Waals surface area contributed by atoms with E-state index in [0.717, 1.165) is 4.90 Å². The van der Waals surface area contributed by atoms with E-state index in [0.29, 0.717) is 16.9 Å². The highest BCUT2D eigenvalue weighted by Crippen LogP contribution is 2.22. The number of benzene rings is 2. The molecular formula is C17H14FNO4. The predicted molar refractivity (Wildman–Crippen MR) is 79.7 cm³/mol. The average molecular weight is 315 g/mol. The third kappa shape index (κ3) is 3.07. The fraction of sp³-hybridized carbons (Fsp3) is 0.176. The van der Waals surface area contributed by atoms with Crippen molar-refractivity contribution in [3.63, 3.8) is 0 Å². The summed E-state index contributed by atoms with van der Waals surface area (Å²) in [6, 6.07) is 11.9. The van der Waals surface area contributed by atoms with Crippen molar-refractivity contribution in [2.45, 2.75) is 6.10 Å². The normalized spacial score (nSPS) is 14.8. The zero-order chi connectivity index (χ0) is 16.4. The summed E-state index contributed by atoms with van der Waals surface area (Å²) < 4.78 is 18.1. The van der Waals surface area contributed by atoms with Crippen molar-refractivity contribution in [1.82, 2.24) is 4.90 Å². The van der Waals surface area contributed by atoms with Gasteiger partial charge in [-0.05, 0) is 36.4 Å². The Kier molecular flexibility index (Phi) is 4.08. The molecule has 0 fully saturated rings. The fourth-order valence-electron chi connectivity index (χ4n) is 2.39. The average Bonchev–Trinajstić information content (AvgIpc) is 2.80. The first-order valence-electron chi connectivity index (χ1n) is 7.08. The van der Waals surface area contributed by atoms with Crippen LogP contribution in [0, 0.1) is 5.82 Å². The minimum Gasteiger partial charge on any atom is -0.491 e. The van der Waals surface area contributed by atoms with Crippen LogP contribution in [0.2, 0.25) is 0 Å². The summed E-state index contributed by atoms with van der Waals surface area (Å²) in [4.78, 5) is 25.3. The minimum absolute atomic E-state index is 0.112. The molecule has 1 aliphatic heterocycles. The number of rotatable bonds is 5. The minimum atomic E-state index is -1.04. The number of β-amino-alcohol motifs (C(OH)–C–C–N with tert-alkyl or cyclic N) is 1. The first-order valence-corrected chi connectivity index (χ1v) is 7.08. The number of halogens is 1. The Hall–Kier alpha value is -2.73. The van der Waals surface area contributed by atoms with Gasteiger partial charge in [-0.15, -0.1) is 0 Å². The second-order valence-electron chi connectivity index (χ2n) is 5.19. The molecule has 0 aromatic heterocycles. The first kappa shape index (κ1) is 15.2. The summed E-state index contributed by atoms with van der Waals surface area (Å²) in [6.07, 6.45) is -1.04. The molecule has 2 aromatic carbocycles. The fourth-order valence-corrected chi connectivity index (χ4v) is 2.39. The maximum atomic E-state index is 12.8. The Morgan fingerprint density at radius 3 is 2.13 bits per heavy atom. The Bertz CT molecular complexity index is 710. The van der Waals surface area contributed by atoms with Crippen molar-refractivity contribution >= 4 is 11.8 Å². The Labute approximate surface area is 131 Å². The van der Waals surface area contributed by atoms with Crippen molar-refractivity contribution in [3.05, 3.63) is 65.5 Å². The van der Waals surface area contributed by atoms with Gasteiger partial charge in [0.15, 0.2) is 0 Å². The highest BCUT2D eigenvalue weighted by atomic mass is 19.1. The highest BCUT2D eigenvalue weighted by molar-refractivity contribution is 6.21. The van der Waals surface area contributed by atoms with Crippen LogP contribution in [-0.4, -0.2) is 41.1 Å².